The molecule has 0 N–H and O–H groups in total. The van der Waals surface area contributed by atoms with Gasteiger partial charge in [-0.15, -0.1) is 0 Å². The maximum atomic E-state index is 10.8. The van der Waals surface area contributed by atoms with Crippen molar-refractivity contribution in [2.75, 3.05) is 0 Å². The molecule has 0 amide bonds. The van der Waals surface area contributed by atoms with E-state index in [1.165, 1.54) is 0 Å². The normalized spacial score (nSPS) is 10.0. The van der Waals surface area contributed by atoms with Gasteiger partial charge in [0.2, 0.25) is 5.78 Å². The predicted molar refractivity (Wildman–Crippen MR) is 16.7 cm³/mol. The molecule has 0 bridgehead atoms. The first-order chi connectivity index (χ1) is 2.94. The Morgan fingerprint density at radius 1 is 1.38 bits per heavy atom. The van der Waals surface area contributed by atoms with Crippen molar-refractivity contribution in [2.24, 2.45) is 0 Å². The molecule has 0 radical (unpaired) electrons. The van der Waals surface area contributed by atoms with Gasteiger partial charge < -0.3 is 0 Å². The number of Topliss-reactive ketones (excluding diaryl/α,β-unsaturated/α-hetero) is 1. The van der Waals surface area contributed by atoms with Crippen LogP contribution in [0.1, 0.15) is 6.92 Å². The first-order valence-corrected chi connectivity index (χ1v) is 1.52. The van der Waals surface area contributed by atoms with Crippen molar-refractivity contribution in [3.8, 4) is 0 Å². The molecule has 0 atom stereocenters. The Morgan fingerprint density at radius 2 is 1.50 bits per heavy atom. The fraction of sp³-hybridized carbons (Fsp3) is 0.667. The van der Waals surface area contributed by atoms with Gasteiger partial charge in [-0.1, -0.05) is 0 Å². The van der Waals surface area contributed by atoms with E-state index in [9.17, 15) is 18.0 Å². The smallest absolute Gasteiger partial charge is 0.290 e. The SMILES string of the molecule is CC(=O)C(F)(F)F.[Zn]. The van der Waals surface area contributed by atoms with Crippen LogP contribution in [0.4, 0.5) is 13.2 Å². The van der Waals surface area contributed by atoms with Crippen LogP contribution in [0.15, 0.2) is 0 Å². The van der Waals surface area contributed by atoms with E-state index in [4.69, 9.17) is 0 Å². The Kier molecular flexibility index (Phi) is 4.35. The summed E-state index contributed by atoms with van der Waals surface area (Å²) >= 11 is 0. The standard InChI is InChI=1S/C3H3F3O.Zn/c1-2(7)3(4,5)6;/h1H3;. The fourth-order valence-corrected chi connectivity index (χ4v) is 0. The molecule has 0 heterocycles. The van der Waals surface area contributed by atoms with Crippen molar-refractivity contribution in [3.63, 3.8) is 0 Å². The molecule has 5 heteroatoms. The number of rotatable bonds is 0. The molecule has 1 nitrogen and oxygen atoms in total. The van der Waals surface area contributed by atoms with E-state index in [1.807, 2.05) is 0 Å². The van der Waals surface area contributed by atoms with E-state index in [2.05, 4.69) is 0 Å². The van der Waals surface area contributed by atoms with Gasteiger partial charge in [0.05, 0.1) is 0 Å². The minimum atomic E-state index is -4.64. The maximum Gasteiger partial charge on any atom is 0.449 e. The minimum Gasteiger partial charge on any atom is -0.290 e. The van der Waals surface area contributed by atoms with Crippen LogP contribution in [0, 0.1) is 0 Å². The monoisotopic (exact) mass is 176 g/mol. The van der Waals surface area contributed by atoms with Crippen LogP contribution in [-0.2, 0) is 24.3 Å². The molecule has 0 aromatic heterocycles. The Hall–Kier alpha value is 0.0834. The van der Waals surface area contributed by atoms with E-state index in [-0.39, 0.29) is 19.5 Å². The molecule has 0 aromatic rings. The van der Waals surface area contributed by atoms with E-state index in [1.54, 1.807) is 0 Å². The molecule has 0 aromatic carbocycles. The Morgan fingerprint density at radius 3 is 1.50 bits per heavy atom. The summed E-state index contributed by atoms with van der Waals surface area (Å²) in [5, 5.41) is 0. The first-order valence-electron chi connectivity index (χ1n) is 1.52. The third-order valence-electron chi connectivity index (χ3n) is 0.399. The number of hydrogen-bond acceptors (Lipinski definition) is 1. The second-order valence-corrected chi connectivity index (χ2v) is 1.05. The van der Waals surface area contributed by atoms with Gasteiger partial charge in [-0.25, -0.2) is 0 Å². The van der Waals surface area contributed by atoms with Crippen LogP contribution in [-0.4, -0.2) is 12.0 Å². The first kappa shape index (κ1) is 11.0. The molecule has 0 rings (SSSR count). The zero-order valence-corrected chi connectivity index (χ0v) is 7.22. The van der Waals surface area contributed by atoms with Crippen molar-refractivity contribution in [3.05, 3.63) is 0 Å². The molecule has 0 saturated carbocycles. The summed E-state index contributed by atoms with van der Waals surface area (Å²) in [7, 11) is 0. The average molecular weight is 177 g/mol. The van der Waals surface area contributed by atoms with Crippen molar-refractivity contribution in [2.45, 2.75) is 13.1 Å². The Labute approximate surface area is 57.0 Å². The Balaban J connectivity index is 0. The molecule has 0 unspecified atom stereocenters. The summed E-state index contributed by atoms with van der Waals surface area (Å²) in [6, 6.07) is 0. The molecule has 0 saturated heterocycles. The summed E-state index contributed by atoms with van der Waals surface area (Å²) in [5.74, 6) is -1.76. The summed E-state index contributed by atoms with van der Waals surface area (Å²) in [6.07, 6.45) is -4.64. The van der Waals surface area contributed by atoms with Crippen LogP contribution in [0.25, 0.3) is 0 Å². The molecule has 0 aliphatic heterocycles. The number of hydrogen-bond donors (Lipinski definition) is 0. The number of halogens is 3. The number of ketones is 1. The van der Waals surface area contributed by atoms with E-state index in [0.717, 1.165) is 0 Å². The topological polar surface area (TPSA) is 17.1 Å². The third kappa shape index (κ3) is 4.25. The second-order valence-electron chi connectivity index (χ2n) is 1.05. The largest absolute Gasteiger partial charge is 0.449 e. The summed E-state index contributed by atoms with van der Waals surface area (Å²) in [5.41, 5.74) is 0. The van der Waals surface area contributed by atoms with Gasteiger partial charge in [-0.2, -0.15) is 13.2 Å². The number of alkyl halides is 3. The fourth-order valence-electron chi connectivity index (χ4n) is 0. The molecular weight excluding hydrogens is 174 g/mol. The van der Waals surface area contributed by atoms with E-state index in [0.29, 0.717) is 6.92 Å². The van der Waals surface area contributed by atoms with Crippen LogP contribution in [0.3, 0.4) is 0 Å². The van der Waals surface area contributed by atoms with E-state index >= 15 is 0 Å². The van der Waals surface area contributed by atoms with Crippen molar-refractivity contribution >= 4 is 5.78 Å². The van der Waals surface area contributed by atoms with Crippen LogP contribution in [0.2, 0.25) is 0 Å². The van der Waals surface area contributed by atoms with Gasteiger partial charge in [0.25, 0.3) is 0 Å². The van der Waals surface area contributed by atoms with Crippen LogP contribution >= 0.6 is 0 Å². The van der Waals surface area contributed by atoms with Crippen molar-refractivity contribution in [1.82, 2.24) is 0 Å². The average Bonchev–Trinajstić information content (AvgIpc) is 1.31. The van der Waals surface area contributed by atoms with Crippen molar-refractivity contribution in [1.29, 1.82) is 0 Å². The quantitative estimate of drug-likeness (QED) is 0.507. The van der Waals surface area contributed by atoms with Crippen LogP contribution < -0.4 is 0 Å². The van der Waals surface area contributed by atoms with Crippen molar-refractivity contribution < 1.29 is 37.4 Å². The Bertz CT molecular complexity index is 87.0. The minimum absolute atomic E-state index is 0. The molecule has 8 heavy (non-hydrogen) atoms. The number of carbonyl (C=O) groups is 1. The third-order valence-corrected chi connectivity index (χ3v) is 0.399. The molecular formula is C3H3F3OZn. The van der Waals surface area contributed by atoms with Gasteiger partial charge in [0.15, 0.2) is 0 Å². The summed E-state index contributed by atoms with van der Waals surface area (Å²) in [4.78, 5) is 9.34. The van der Waals surface area contributed by atoms with Crippen LogP contribution in [0.5, 0.6) is 0 Å². The van der Waals surface area contributed by atoms with Gasteiger partial charge in [0.1, 0.15) is 0 Å². The van der Waals surface area contributed by atoms with Gasteiger partial charge in [-0.3, -0.25) is 4.79 Å². The van der Waals surface area contributed by atoms with E-state index < -0.39 is 12.0 Å². The molecule has 0 fully saturated rings. The van der Waals surface area contributed by atoms with Gasteiger partial charge in [-0.05, 0) is 0 Å². The predicted octanol–water partition coefficient (Wildman–Crippen LogP) is 1.14. The maximum absolute atomic E-state index is 10.8. The molecule has 0 aliphatic rings. The zero-order chi connectivity index (χ0) is 6.08. The number of carbonyl (C=O) groups excluding carboxylic acids is 1. The summed E-state index contributed by atoms with van der Waals surface area (Å²) < 4.78 is 32.5. The van der Waals surface area contributed by atoms with Gasteiger partial charge >= 0.3 is 6.18 Å². The van der Waals surface area contributed by atoms with Gasteiger partial charge in [0, 0.05) is 26.4 Å². The zero-order valence-electron chi connectivity index (χ0n) is 4.25. The second kappa shape index (κ2) is 3.18. The molecule has 0 aliphatic carbocycles. The summed E-state index contributed by atoms with van der Waals surface area (Å²) in [6.45, 7) is 0.486. The molecule has 44 valence electrons. The molecule has 0 spiro atoms.